The van der Waals surface area contributed by atoms with E-state index in [2.05, 4.69) is 0 Å². The van der Waals surface area contributed by atoms with Gasteiger partial charge in [-0.3, -0.25) is 0 Å². The minimum Gasteiger partial charge on any atom is -0.493 e. The van der Waals surface area contributed by atoms with Gasteiger partial charge >= 0.3 is 0 Å². The molecule has 1 aromatic rings. The molecule has 0 N–H and O–H groups in total. The van der Waals surface area contributed by atoms with Crippen molar-refractivity contribution in [2.24, 2.45) is 0 Å². The smallest absolute Gasteiger partial charge is 0.175 e. The van der Waals surface area contributed by atoms with Crippen LogP contribution in [0.25, 0.3) is 0 Å². The lowest BCUT2D eigenvalue weighted by atomic mass is 9.98. The Morgan fingerprint density at radius 3 is 2.16 bits per heavy atom. The van der Waals surface area contributed by atoms with Crippen molar-refractivity contribution in [3.8, 4) is 11.5 Å². The topological polar surface area (TPSA) is 69.7 Å². The predicted molar refractivity (Wildman–Crippen MR) is 71.8 cm³/mol. The van der Waals surface area contributed by atoms with Crippen LogP contribution in [0.3, 0.4) is 0 Å². The molecule has 0 spiro atoms. The number of carbonyl (C=O) groups is 1. The molecule has 0 aliphatic rings. The highest BCUT2D eigenvalue weighted by atomic mass is 32.2. The average Bonchev–Trinajstić information content (AvgIpc) is 2.36. The van der Waals surface area contributed by atoms with Crippen LogP contribution in [-0.4, -0.2) is 35.2 Å². The van der Waals surface area contributed by atoms with Crippen LogP contribution >= 0.6 is 0 Å². The first-order chi connectivity index (χ1) is 8.85. The lowest BCUT2D eigenvalue weighted by molar-refractivity contribution is -0.108. The molecule has 0 aliphatic heterocycles. The van der Waals surface area contributed by atoms with E-state index in [1.807, 2.05) is 0 Å². The number of sulfone groups is 1. The van der Waals surface area contributed by atoms with Gasteiger partial charge < -0.3 is 14.3 Å². The largest absolute Gasteiger partial charge is 0.493 e. The SMILES string of the molecule is COc1cc(C(C)CC=O)c(S(C)(=O)=O)cc1OC. The lowest BCUT2D eigenvalue weighted by Crippen LogP contribution is -2.07. The van der Waals surface area contributed by atoms with Gasteiger partial charge in [0.05, 0.1) is 19.1 Å². The third-order valence-corrected chi connectivity index (χ3v) is 4.05. The van der Waals surface area contributed by atoms with Gasteiger partial charge in [0.1, 0.15) is 6.29 Å². The van der Waals surface area contributed by atoms with Gasteiger partial charge in [-0.05, 0) is 17.5 Å². The second-order valence-corrected chi connectivity index (χ2v) is 6.30. The number of ether oxygens (including phenoxy) is 2. The first-order valence-corrected chi connectivity index (χ1v) is 7.63. The summed E-state index contributed by atoms with van der Waals surface area (Å²) in [5.74, 6) is 0.592. The third-order valence-electron chi connectivity index (χ3n) is 2.90. The molecule has 0 amide bonds. The van der Waals surface area contributed by atoms with Gasteiger partial charge in [0.25, 0.3) is 0 Å². The summed E-state index contributed by atoms with van der Waals surface area (Å²) >= 11 is 0. The molecule has 1 unspecified atom stereocenters. The zero-order valence-electron chi connectivity index (χ0n) is 11.5. The van der Waals surface area contributed by atoms with E-state index in [9.17, 15) is 13.2 Å². The zero-order chi connectivity index (χ0) is 14.6. The predicted octanol–water partition coefficient (Wildman–Crippen LogP) is 1.80. The maximum absolute atomic E-state index is 11.8. The molecule has 19 heavy (non-hydrogen) atoms. The molecule has 0 heterocycles. The molecule has 0 radical (unpaired) electrons. The highest BCUT2D eigenvalue weighted by Crippen LogP contribution is 2.36. The Bertz CT molecular complexity index is 563. The molecule has 1 atom stereocenters. The molecule has 6 heteroatoms. The second-order valence-electron chi connectivity index (χ2n) is 4.32. The fourth-order valence-electron chi connectivity index (χ4n) is 1.85. The van der Waals surface area contributed by atoms with Crippen molar-refractivity contribution in [2.45, 2.75) is 24.2 Å². The van der Waals surface area contributed by atoms with Crippen LogP contribution in [0, 0.1) is 0 Å². The number of hydrogen-bond acceptors (Lipinski definition) is 5. The lowest BCUT2D eigenvalue weighted by Gasteiger charge is -2.17. The Labute approximate surface area is 113 Å². The van der Waals surface area contributed by atoms with Gasteiger partial charge in [0.15, 0.2) is 21.3 Å². The summed E-state index contributed by atoms with van der Waals surface area (Å²) in [6.45, 7) is 1.80. The van der Waals surface area contributed by atoms with E-state index in [0.29, 0.717) is 17.1 Å². The molecule has 1 aromatic carbocycles. The van der Waals surface area contributed by atoms with Gasteiger partial charge in [-0.25, -0.2) is 8.42 Å². The minimum absolute atomic E-state index is 0.166. The van der Waals surface area contributed by atoms with Gasteiger partial charge in [-0.2, -0.15) is 0 Å². The molecular formula is C13H18O5S. The highest BCUT2D eigenvalue weighted by molar-refractivity contribution is 7.90. The molecule has 0 bridgehead atoms. The first-order valence-electron chi connectivity index (χ1n) is 5.74. The summed E-state index contributed by atoms with van der Waals surface area (Å²) in [6, 6.07) is 3.05. The molecule has 5 nitrogen and oxygen atoms in total. The third kappa shape index (κ3) is 3.47. The van der Waals surface area contributed by atoms with Gasteiger partial charge in [0.2, 0.25) is 0 Å². The standard InChI is InChI=1S/C13H18O5S/c1-9(5-6-14)10-7-11(17-2)12(18-3)8-13(10)19(4,15)16/h6-9H,5H2,1-4H3. The van der Waals surface area contributed by atoms with Crippen LogP contribution in [-0.2, 0) is 14.6 Å². The van der Waals surface area contributed by atoms with Crippen molar-refractivity contribution in [3.63, 3.8) is 0 Å². The Balaban J connectivity index is 3.53. The number of carbonyl (C=O) groups excluding carboxylic acids is 1. The first kappa shape index (κ1) is 15.5. The molecule has 0 fully saturated rings. The Kier molecular flexibility index (Phi) is 4.94. The quantitative estimate of drug-likeness (QED) is 0.746. The van der Waals surface area contributed by atoms with Gasteiger partial charge in [-0.1, -0.05) is 6.92 Å². The maximum Gasteiger partial charge on any atom is 0.175 e. The van der Waals surface area contributed by atoms with Crippen LogP contribution in [0.1, 0.15) is 24.8 Å². The molecule has 0 aromatic heterocycles. The van der Waals surface area contributed by atoms with Crippen LogP contribution in [0.15, 0.2) is 17.0 Å². The Morgan fingerprint density at radius 2 is 1.74 bits per heavy atom. The number of benzene rings is 1. The van der Waals surface area contributed by atoms with Crippen LogP contribution in [0.2, 0.25) is 0 Å². The van der Waals surface area contributed by atoms with Crippen molar-refractivity contribution < 1.29 is 22.7 Å². The molecule has 0 aliphatic carbocycles. The van der Waals surface area contributed by atoms with Crippen LogP contribution in [0.5, 0.6) is 11.5 Å². The minimum atomic E-state index is -3.41. The second kappa shape index (κ2) is 6.06. The van der Waals surface area contributed by atoms with Crippen molar-refractivity contribution in [1.82, 2.24) is 0 Å². The fraction of sp³-hybridized carbons (Fsp3) is 0.462. The van der Waals surface area contributed by atoms with Crippen molar-refractivity contribution in [2.75, 3.05) is 20.5 Å². The Hall–Kier alpha value is -1.56. The van der Waals surface area contributed by atoms with Crippen LogP contribution < -0.4 is 9.47 Å². The van der Waals surface area contributed by atoms with E-state index in [0.717, 1.165) is 12.5 Å². The van der Waals surface area contributed by atoms with E-state index in [4.69, 9.17) is 9.47 Å². The number of aldehydes is 1. The number of methoxy groups -OCH3 is 2. The van der Waals surface area contributed by atoms with Crippen molar-refractivity contribution in [3.05, 3.63) is 17.7 Å². The fourth-order valence-corrected chi connectivity index (χ4v) is 2.86. The molecule has 106 valence electrons. The van der Waals surface area contributed by atoms with E-state index in [1.54, 1.807) is 13.0 Å². The summed E-state index contributed by atoms with van der Waals surface area (Å²) in [4.78, 5) is 10.8. The van der Waals surface area contributed by atoms with Crippen LogP contribution in [0.4, 0.5) is 0 Å². The van der Waals surface area contributed by atoms with E-state index < -0.39 is 9.84 Å². The molecule has 1 rings (SSSR count). The summed E-state index contributed by atoms with van der Waals surface area (Å²) in [5, 5.41) is 0. The Morgan fingerprint density at radius 1 is 1.21 bits per heavy atom. The van der Waals surface area contributed by atoms with E-state index in [-0.39, 0.29) is 17.2 Å². The maximum atomic E-state index is 11.8. The van der Waals surface area contributed by atoms with E-state index >= 15 is 0 Å². The normalized spacial score (nSPS) is 12.8. The number of hydrogen-bond donors (Lipinski definition) is 0. The molecule has 0 saturated heterocycles. The van der Waals surface area contributed by atoms with Crippen molar-refractivity contribution >= 4 is 16.1 Å². The molecular weight excluding hydrogens is 268 g/mol. The summed E-state index contributed by atoms with van der Waals surface area (Å²) in [6.07, 6.45) is 2.15. The molecule has 0 saturated carbocycles. The van der Waals surface area contributed by atoms with Gasteiger partial charge in [0, 0.05) is 18.7 Å². The zero-order valence-corrected chi connectivity index (χ0v) is 12.3. The number of rotatable bonds is 6. The monoisotopic (exact) mass is 286 g/mol. The van der Waals surface area contributed by atoms with Gasteiger partial charge in [-0.15, -0.1) is 0 Å². The summed E-state index contributed by atoms with van der Waals surface area (Å²) in [5.41, 5.74) is 0.562. The summed E-state index contributed by atoms with van der Waals surface area (Å²) in [7, 11) is -0.485. The van der Waals surface area contributed by atoms with E-state index in [1.165, 1.54) is 20.3 Å². The van der Waals surface area contributed by atoms with Crippen molar-refractivity contribution in [1.29, 1.82) is 0 Å². The average molecular weight is 286 g/mol. The highest BCUT2D eigenvalue weighted by Gasteiger charge is 2.21. The summed E-state index contributed by atoms with van der Waals surface area (Å²) < 4.78 is 34.0.